The average molecular weight is 1360 g/mol. The number of nitrogens with zero attached hydrogens (tertiary/aromatic N) is 2. The number of carbonyl (C=O) groups is 8. The van der Waals surface area contributed by atoms with Gasteiger partial charge >= 0.3 is 23.9 Å². The first kappa shape index (κ1) is 70.4. The molecule has 0 aliphatic carbocycles. The summed E-state index contributed by atoms with van der Waals surface area (Å²) in [6, 6.07) is 32.1. The molecule has 0 N–H and O–H groups in total. The van der Waals surface area contributed by atoms with Gasteiger partial charge in [-0.05, 0) is 139 Å². The highest BCUT2D eigenvalue weighted by atomic mass is 16.6. The molecule has 20 nitrogen and oxygen atoms in total. The molecule has 2 atom stereocenters. The van der Waals surface area contributed by atoms with Crippen LogP contribution in [0, 0.1) is 39.5 Å². The van der Waals surface area contributed by atoms with Crippen molar-refractivity contribution in [1.82, 2.24) is 9.80 Å². The van der Waals surface area contributed by atoms with Crippen LogP contribution < -0.4 is 18.9 Å². The standard InChI is InChI=1S/C80H78N2O18/c1-43(2)37-59(79(89)95-35-31-91-29-33-93-77(87)45(5)6)81-73(83)55-39-61(97-51-21-13-47(9)14-22-51)67-69-63(99-53-25-17-49(11)18-26-53)41-57-66-58(76(86)82(75(57)85)60(38-44(3)4)80(90)96-36-32-92-30-34-94-78(88)46(7)8)42-64(100-54-27-19-50(12)20-28-54)70(72(66)69)68-62(98-52-23-15-48(10)16-24-52)40-56(74(81)84)65(55)71(67)68/h13-28,39-44,59-60H,5,7,29-38H2,1-4,6,8-12H3. The van der Waals surface area contributed by atoms with Crippen molar-refractivity contribution in [1.29, 1.82) is 0 Å². The minimum absolute atomic E-state index is 0.00838. The van der Waals surface area contributed by atoms with Crippen LogP contribution in [0.2, 0.25) is 0 Å². The smallest absolute Gasteiger partial charge is 0.333 e. The summed E-state index contributed by atoms with van der Waals surface area (Å²) < 4.78 is 61.6. The lowest BCUT2D eigenvalue weighted by atomic mass is 9.80. The average Bonchev–Trinajstić information content (AvgIpc) is 0.672. The number of amides is 4. The zero-order chi connectivity index (χ0) is 71.4. The summed E-state index contributed by atoms with van der Waals surface area (Å²) in [7, 11) is 0. The molecule has 2 heterocycles. The van der Waals surface area contributed by atoms with Crippen LogP contribution in [0.1, 0.15) is 118 Å². The Bertz CT molecular complexity index is 4200. The molecule has 2 unspecified atom stereocenters. The highest BCUT2D eigenvalue weighted by Gasteiger charge is 2.47. The first-order valence-electron chi connectivity index (χ1n) is 33.1. The van der Waals surface area contributed by atoms with Crippen LogP contribution >= 0.6 is 0 Å². The number of esters is 4. The van der Waals surface area contributed by atoms with E-state index in [2.05, 4.69) is 13.2 Å². The molecule has 2 aliphatic rings. The number of hydrogen-bond acceptors (Lipinski definition) is 18. The van der Waals surface area contributed by atoms with Gasteiger partial charge in [-0.15, -0.1) is 0 Å². The minimum Gasteiger partial charge on any atom is -0.462 e. The topological polar surface area (TPSA) is 235 Å². The third-order valence-electron chi connectivity index (χ3n) is 17.1. The SMILES string of the molecule is C=C(C)C(=O)OCCOCCOC(=O)C(CC(C)C)N1C(=O)c2cc(Oc3ccc(C)cc3)c3c4c(Oc5ccc(C)cc5)cc5c6c(cc(Oc7ccc(C)cc7)c(c7c(Oc8ccc(C)cc8)cc(c2c37)C1=O)c64)C(=O)N(C(CC(C)C)C(=O)OCCOCCOC(=O)C(=C)C)C5=O. The molecule has 9 aromatic carbocycles. The third kappa shape index (κ3) is 14.7. The van der Waals surface area contributed by atoms with Gasteiger partial charge in [0.25, 0.3) is 23.6 Å². The molecule has 4 amide bonds. The van der Waals surface area contributed by atoms with Crippen LogP contribution in [0.15, 0.2) is 146 Å². The van der Waals surface area contributed by atoms with Gasteiger partial charge in [-0.1, -0.05) is 112 Å². The van der Waals surface area contributed by atoms with Crippen molar-refractivity contribution in [2.24, 2.45) is 11.8 Å². The second kappa shape index (κ2) is 30.0. The predicted molar refractivity (Wildman–Crippen MR) is 375 cm³/mol. The lowest BCUT2D eigenvalue weighted by Gasteiger charge is -2.36. The van der Waals surface area contributed by atoms with E-state index in [0.29, 0.717) is 23.0 Å². The molecule has 20 heteroatoms. The fourth-order valence-corrected chi connectivity index (χ4v) is 12.3. The van der Waals surface area contributed by atoms with E-state index in [1.807, 2.05) is 104 Å². The Hall–Kier alpha value is -11.0. The molecule has 0 spiro atoms. The lowest BCUT2D eigenvalue weighted by molar-refractivity contribution is -0.151. The van der Waals surface area contributed by atoms with Gasteiger partial charge < -0.3 is 47.4 Å². The Kier molecular flexibility index (Phi) is 21.1. The summed E-state index contributed by atoms with van der Waals surface area (Å²) in [5.74, 6) is -5.34. The van der Waals surface area contributed by atoms with Crippen molar-refractivity contribution >= 4 is 90.6 Å². The minimum atomic E-state index is -1.47. The van der Waals surface area contributed by atoms with Gasteiger partial charge in [-0.25, -0.2) is 19.2 Å². The normalized spacial score (nSPS) is 13.4. The van der Waals surface area contributed by atoms with Gasteiger partial charge in [0.15, 0.2) is 0 Å². The maximum atomic E-state index is 16.1. The fourth-order valence-electron chi connectivity index (χ4n) is 12.3. The van der Waals surface area contributed by atoms with E-state index in [9.17, 15) is 19.2 Å². The molecule has 2 aliphatic heterocycles. The molecule has 516 valence electrons. The third-order valence-corrected chi connectivity index (χ3v) is 17.1. The molecule has 0 radical (unpaired) electrons. The zero-order valence-electron chi connectivity index (χ0n) is 57.6. The van der Waals surface area contributed by atoms with Gasteiger partial charge in [-0.3, -0.25) is 29.0 Å². The van der Waals surface area contributed by atoms with Crippen LogP contribution in [0.4, 0.5) is 0 Å². The van der Waals surface area contributed by atoms with E-state index < -0.39 is 59.6 Å². The quantitative estimate of drug-likeness (QED) is 0.00774. The summed E-state index contributed by atoms with van der Waals surface area (Å²) in [6.45, 7) is 24.4. The molecule has 100 heavy (non-hydrogen) atoms. The van der Waals surface area contributed by atoms with Crippen LogP contribution in [-0.2, 0) is 47.6 Å². The number of fused-ring (bicyclic) bond motifs is 2. The maximum Gasteiger partial charge on any atom is 0.333 e. The van der Waals surface area contributed by atoms with Crippen molar-refractivity contribution in [3.63, 3.8) is 0 Å². The number of imide groups is 2. The molecular formula is C80H78N2O18. The summed E-state index contributed by atoms with van der Waals surface area (Å²) in [6.07, 6.45) is -0.0227. The Morgan fingerprint density at radius 3 is 0.820 bits per heavy atom. The van der Waals surface area contributed by atoms with Crippen LogP contribution in [0.25, 0.3) is 43.1 Å². The predicted octanol–water partition coefficient (Wildman–Crippen LogP) is 15.5. The van der Waals surface area contributed by atoms with Gasteiger partial charge in [0.05, 0.1) is 48.7 Å². The summed E-state index contributed by atoms with van der Waals surface area (Å²) in [4.78, 5) is 120. The lowest BCUT2D eigenvalue weighted by Crippen LogP contribution is -2.51. The van der Waals surface area contributed by atoms with E-state index in [-0.39, 0.29) is 177 Å². The molecule has 11 rings (SSSR count). The van der Waals surface area contributed by atoms with Crippen LogP contribution in [0.3, 0.4) is 0 Å². The largest absolute Gasteiger partial charge is 0.462 e. The van der Waals surface area contributed by atoms with E-state index in [1.165, 1.54) is 38.1 Å². The highest BCUT2D eigenvalue weighted by Crippen LogP contribution is 2.58. The van der Waals surface area contributed by atoms with Gasteiger partial charge in [0.1, 0.15) is 84.5 Å². The monoisotopic (exact) mass is 1350 g/mol. The molecule has 0 saturated carbocycles. The summed E-state index contributed by atoms with van der Waals surface area (Å²) >= 11 is 0. The fraction of sp³-hybridized carbons (Fsp3) is 0.300. The van der Waals surface area contributed by atoms with Crippen molar-refractivity contribution in [2.45, 2.75) is 94.2 Å². The van der Waals surface area contributed by atoms with Gasteiger partial charge in [-0.2, -0.15) is 0 Å². The second-order valence-electron chi connectivity index (χ2n) is 26.0. The van der Waals surface area contributed by atoms with E-state index in [0.717, 1.165) is 32.1 Å². The van der Waals surface area contributed by atoms with Crippen molar-refractivity contribution in [3.8, 4) is 46.0 Å². The van der Waals surface area contributed by atoms with Crippen molar-refractivity contribution in [2.75, 3.05) is 52.9 Å². The molecule has 0 saturated heterocycles. The molecule has 0 fully saturated rings. The van der Waals surface area contributed by atoms with E-state index in [1.54, 1.807) is 48.5 Å². The van der Waals surface area contributed by atoms with E-state index in [4.69, 9.17) is 47.4 Å². The number of rotatable bonds is 30. The van der Waals surface area contributed by atoms with Crippen molar-refractivity contribution < 1.29 is 85.7 Å². The summed E-state index contributed by atoms with van der Waals surface area (Å²) in [5, 5.41) is 1.81. The number of ether oxygens (including phenoxy) is 10. The maximum absolute atomic E-state index is 16.1. The van der Waals surface area contributed by atoms with E-state index >= 15 is 19.2 Å². The highest BCUT2D eigenvalue weighted by molar-refractivity contribution is 6.45. The van der Waals surface area contributed by atoms with Crippen LogP contribution in [-0.4, -0.2) is 122 Å². The first-order chi connectivity index (χ1) is 47.9. The van der Waals surface area contributed by atoms with Crippen LogP contribution in [0.5, 0.6) is 46.0 Å². The molecule has 0 bridgehead atoms. The van der Waals surface area contributed by atoms with Gasteiger partial charge in [0.2, 0.25) is 0 Å². The first-order valence-corrected chi connectivity index (χ1v) is 33.1. The summed E-state index contributed by atoms with van der Waals surface area (Å²) in [5.41, 5.74) is 3.94. The molecule has 9 aromatic rings. The Labute approximate surface area is 578 Å². The zero-order valence-corrected chi connectivity index (χ0v) is 57.6. The van der Waals surface area contributed by atoms with Crippen molar-refractivity contribution in [3.05, 3.63) is 190 Å². The Morgan fingerprint density at radius 1 is 0.350 bits per heavy atom. The molecule has 0 aromatic heterocycles. The number of hydrogen-bond donors (Lipinski definition) is 0. The Balaban J connectivity index is 1.18. The Morgan fingerprint density at radius 2 is 0.590 bits per heavy atom. The number of carbonyl (C=O) groups excluding carboxylic acids is 8. The second-order valence-corrected chi connectivity index (χ2v) is 26.0. The number of aryl methyl sites for hydroxylation is 4. The van der Waals surface area contributed by atoms with Gasteiger partial charge in [0, 0.05) is 54.2 Å². The molecular weight excluding hydrogens is 1280 g/mol. The number of benzene rings is 9.